The van der Waals surface area contributed by atoms with Crippen molar-refractivity contribution >= 4 is 15.7 Å². The Balaban J connectivity index is 1.47. The van der Waals surface area contributed by atoms with Gasteiger partial charge in [0.25, 0.3) is 0 Å². The topological polar surface area (TPSA) is 54.5 Å². The summed E-state index contributed by atoms with van der Waals surface area (Å²) in [6.45, 7) is 1.48. The Bertz CT molecular complexity index is 642. The first-order valence-corrected chi connectivity index (χ1v) is 10.8. The second-order valence-electron chi connectivity index (χ2n) is 7.09. The fraction of sp³-hybridized carbons (Fsp3) is 0.632. The number of nitrogens with zero attached hydrogens (tertiary/aromatic N) is 1. The maximum Gasteiger partial charge on any atom is 0.223 e. The van der Waals surface area contributed by atoms with E-state index >= 15 is 0 Å². The molecule has 0 aromatic heterocycles. The van der Waals surface area contributed by atoms with Crippen LogP contribution in [0.4, 0.5) is 0 Å². The monoisotopic (exact) mass is 349 g/mol. The highest BCUT2D eigenvalue weighted by molar-refractivity contribution is 7.92. The van der Waals surface area contributed by atoms with Crippen molar-refractivity contribution in [3.05, 3.63) is 35.9 Å². The largest absolute Gasteiger partial charge is 0.343 e. The van der Waals surface area contributed by atoms with E-state index in [1.807, 2.05) is 11.0 Å². The number of hydrogen-bond donors (Lipinski definition) is 0. The van der Waals surface area contributed by atoms with Crippen LogP contribution in [0.25, 0.3) is 0 Å². The number of carbonyl (C=O) groups is 1. The van der Waals surface area contributed by atoms with E-state index in [1.54, 1.807) is 0 Å². The van der Waals surface area contributed by atoms with Crippen LogP contribution in [0.5, 0.6) is 0 Å². The number of hydrogen-bond acceptors (Lipinski definition) is 3. The molecule has 1 aliphatic heterocycles. The van der Waals surface area contributed by atoms with Crippen LogP contribution in [0.15, 0.2) is 30.3 Å². The summed E-state index contributed by atoms with van der Waals surface area (Å²) in [6.07, 6.45) is 5.64. The molecule has 1 heterocycles. The van der Waals surface area contributed by atoms with Gasteiger partial charge in [-0.2, -0.15) is 0 Å². The third kappa shape index (κ3) is 4.18. The average molecular weight is 349 g/mol. The molecule has 2 aliphatic rings. The van der Waals surface area contributed by atoms with Crippen LogP contribution in [-0.4, -0.2) is 43.3 Å². The van der Waals surface area contributed by atoms with Crippen molar-refractivity contribution in [2.24, 2.45) is 0 Å². The second-order valence-corrected chi connectivity index (χ2v) is 9.49. The Morgan fingerprint density at radius 1 is 1.00 bits per heavy atom. The summed E-state index contributed by atoms with van der Waals surface area (Å²) >= 11 is 0. The SMILES string of the molecule is O=C(CCS(=O)(=O)C1CCCC1)N1CCC(c2ccccc2)CC1. The molecule has 0 atom stereocenters. The highest BCUT2D eigenvalue weighted by Crippen LogP contribution is 2.29. The molecule has 1 aliphatic carbocycles. The third-order valence-corrected chi connectivity index (χ3v) is 7.79. The van der Waals surface area contributed by atoms with Crippen molar-refractivity contribution in [2.45, 2.75) is 56.1 Å². The number of carbonyl (C=O) groups excluding carboxylic acids is 1. The van der Waals surface area contributed by atoms with E-state index in [9.17, 15) is 13.2 Å². The number of piperidine rings is 1. The molecule has 1 amide bonds. The summed E-state index contributed by atoms with van der Waals surface area (Å²) in [7, 11) is -3.09. The minimum Gasteiger partial charge on any atom is -0.343 e. The van der Waals surface area contributed by atoms with Gasteiger partial charge < -0.3 is 4.90 Å². The first-order valence-electron chi connectivity index (χ1n) is 9.10. The lowest BCUT2D eigenvalue weighted by molar-refractivity contribution is -0.131. The Morgan fingerprint density at radius 2 is 1.62 bits per heavy atom. The average Bonchev–Trinajstić information content (AvgIpc) is 3.16. The first-order chi connectivity index (χ1) is 11.6. The van der Waals surface area contributed by atoms with E-state index in [0.717, 1.165) is 51.6 Å². The van der Waals surface area contributed by atoms with E-state index in [4.69, 9.17) is 0 Å². The minimum atomic E-state index is -3.09. The van der Waals surface area contributed by atoms with Crippen LogP contribution in [0.2, 0.25) is 0 Å². The lowest BCUT2D eigenvalue weighted by Crippen LogP contribution is -2.39. The molecule has 24 heavy (non-hydrogen) atoms. The Hall–Kier alpha value is -1.36. The molecule has 5 heteroatoms. The highest BCUT2D eigenvalue weighted by Gasteiger charge is 2.30. The zero-order valence-corrected chi connectivity index (χ0v) is 15.0. The van der Waals surface area contributed by atoms with Crippen LogP contribution < -0.4 is 0 Å². The Kier molecular flexibility index (Phi) is 5.59. The van der Waals surface area contributed by atoms with Crippen molar-refractivity contribution < 1.29 is 13.2 Å². The summed E-state index contributed by atoms with van der Waals surface area (Å²) in [6, 6.07) is 10.4. The van der Waals surface area contributed by atoms with Crippen molar-refractivity contribution in [1.29, 1.82) is 0 Å². The van der Waals surface area contributed by atoms with Crippen molar-refractivity contribution in [3.8, 4) is 0 Å². The molecule has 4 nitrogen and oxygen atoms in total. The maximum atomic E-state index is 12.4. The standard InChI is InChI=1S/C19H27NO3S/c21-19(12-15-24(22,23)18-8-4-5-9-18)20-13-10-17(11-14-20)16-6-2-1-3-7-16/h1-3,6-7,17-18H,4-5,8-15H2. The molecule has 0 spiro atoms. The van der Waals surface area contributed by atoms with Gasteiger partial charge in [0.05, 0.1) is 11.0 Å². The number of sulfone groups is 1. The van der Waals surface area contributed by atoms with E-state index in [2.05, 4.69) is 24.3 Å². The minimum absolute atomic E-state index is 0.00286. The fourth-order valence-electron chi connectivity index (χ4n) is 3.99. The molecule has 1 aromatic carbocycles. The van der Waals surface area contributed by atoms with Crippen molar-refractivity contribution in [3.63, 3.8) is 0 Å². The van der Waals surface area contributed by atoms with E-state index in [0.29, 0.717) is 5.92 Å². The molecule has 2 fully saturated rings. The quantitative estimate of drug-likeness (QED) is 0.820. The van der Waals surface area contributed by atoms with Crippen LogP contribution in [0.1, 0.15) is 56.4 Å². The van der Waals surface area contributed by atoms with Crippen LogP contribution in [-0.2, 0) is 14.6 Å². The number of likely N-dealkylation sites (tertiary alicyclic amines) is 1. The number of amides is 1. The molecule has 0 unspecified atom stereocenters. The predicted octanol–water partition coefficient (Wildman–Crippen LogP) is 3.14. The molecular weight excluding hydrogens is 322 g/mol. The summed E-state index contributed by atoms with van der Waals surface area (Å²) in [5.41, 5.74) is 1.34. The smallest absolute Gasteiger partial charge is 0.223 e. The van der Waals surface area contributed by atoms with Gasteiger partial charge in [-0.05, 0) is 37.2 Å². The zero-order valence-electron chi connectivity index (χ0n) is 14.2. The molecule has 0 bridgehead atoms. The van der Waals surface area contributed by atoms with Gasteiger partial charge in [0.15, 0.2) is 9.84 Å². The van der Waals surface area contributed by atoms with Crippen LogP contribution in [0, 0.1) is 0 Å². The normalized spacial score (nSPS) is 20.4. The van der Waals surface area contributed by atoms with Gasteiger partial charge in [0, 0.05) is 19.5 Å². The molecule has 0 radical (unpaired) electrons. The maximum absolute atomic E-state index is 12.4. The van der Waals surface area contributed by atoms with E-state index < -0.39 is 9.84 Å². The number of rotatable bonds is 5. The predicted molar refractivity (Wildman–Crippen MR) is 95.7 cm³/mol. The fourth-order valence-corrected chi connectivity index (χ4v) is 5.83. The Labute approximate surface area is 145 Å². The van der Waals surface area contributed by atoms with Crippen molar-refractivity contribution in [2.75, 3.05) is 18.8 Å². The Morgan fingerprint density at radius 3 is 2.25 bits per heavy atom. The molecule has 132 valence electrons. The van der Waals surface area contributed by atoms with Gasteiger partial charge in [-0.25, -0.2) is 8.42 Å². The lowest BCUT2D eigenvalue weighted by Gasteiger charge is -2.32. The summed E-state index contributed by atoms with van der Waals surface area (Å²) < 4.78 is 24.6. The van der Waals surface area contributed by atoms with Crippen LogP contribution >= 0.6 is 0 Å². The lowest BCUT2D eigenvalue weighted by atomic mass is 9.89. The molecule has 0 N–H and O–H groups in total. The van der Waals surface area contributed by atoms with Gasteiger partial charge in [-0.3, -0.25) is 4.79 Å². The van der Waals surface area contributed by atoms with Gasteiger partial charge in [0.2, 0.25) is 5.91 Å². The zero-order chi connectivity index (χ0) is 17.0. The van der Waals surface area contributed by atoms with E-state index in [1.165, 1.54) is 5.56 Å². The van der Waals surface area contributed by atoms with E-state index in [-0.39, 0.29) is 23.3 Å². The molecule has 1 saturated carbocycles. The molecular formula is C19H27NO3S. The van der Waals surface area contributed by atoms with Crippen molar-refractivity contribution in [1.82, 2.24) is 4.90 Å². The third-order valence-electron chi connectivity index (χ3n) is 5.53. The summed E-state index contributed by atoms with van der Waals surface area (Å²) in [5, 5.41) is -0.200. The molecule has 3 rings (SSSR count). The van der Waals surface area contributed by atoms with Crippen LogP contribution in [0.3, 0.4) is 0 Å². The van der Waals surface area contributed by atoms with Gasteiger partial charge in [0.1, 0.15) is 0 Å². The summed E-state index contributed by atoms with van der Waals surface area (Å²) in [5.74, 6) is 0.537. The van der Waals surface area contributed by atoms with Gasteiger partial charge in [-0.1, -0.05) is 43.2 Å². The highest BCUT2D eigenvalue weighted by atomic mass is 32.2. The second kappa shape index (κ2) is 7.68. The first kappa shape index (κ1) is 17.5. The molecule has 1 aromatic rings. The molecule has 1 saturated heterocycles. The van der Waals surface area contributed by atoms with Gasteiger partial charge >= 0.3 is 0 Å². The number of benzene rings is 1. The van der Waals surface area contributed by atoms with Gasteiger partial charge in [-0.15, -0.1) is 0 Å². The summed E-state index contributed by atoms with van der Waals surface area (Å²) in [4.78, 5) is 14.2.